The van der Waals surface area contributed by atoms with Gasteiger partial charge in [0.25, 0.3) is 0 Å². The molecular weight excluding hydrogens is 245 g/mol. The van der Waals surface area contributed by atoms with E-state index in [2.05, 4.69) is 9.97 Å². The number of carbonyl (C=O) groups excluding carboxylic acids is 1. The molecule has 6 heteroatoms. The predicted molar refractivity (Wildman–Crippen MR) is 57.9 cm³/mol. The van der Waals surface area contributed by atoms with E-state index in [0.717, 1.165) is 6.07 Å². The van der Waals surface area contributed by atoms with E-state index >= 15 is 0 Å². The van der Waals surface area contributed by atoms with Crippen LogP contribution < -0.4 is 0 Å². The Morgan fingerprint density at radius 1 is 1.06 bits per heavy atom. The number of alkyl halides is 3. The Hall–Kier alpha value is -2.24. The molecule has 92 valence electrons. The summed E-state index contributed by atoms with van der Waals surface area (Å²) in [7, 11) is 0. The average molecular weight is 252 g/mol. The van der Waals surface area contributed by atoms with E-state index in [1.807, 2.05) is 0 Å². The van der Waals surface area contributed by atoms with Crippen molar-refractivity contribution >= 4 is 6.29 Å². The van der Waals surface area contributed by atoms with Gasteiger partial charge in [0.15, 0.2) is 6.29 Å². The quantitative estimate of drug-likeness (QED) is 0.771. The lowest BCUT2D eigenvalue weighted by atomic mass is 10.1. The molecule has 2 aromatic rings. The van der Waals surface area contributed by atoms with Crippen LogP contribution in [0.3, 0.4) is 0 Å². The molecule has 0 fully saturated rings. The van der Waals surface area contributed by atoms with E-state index in [1.54, 1.807) is 12.1 Å². The van der Waals surface area contributed by atoms with E-state index < -0.39 is 11.9 Å². The van der Waals surface area contributed by atoms with Crippen LogP contribution in [0.1, 0.15) is 16.2 Å². The predicted octanol–water partition coefficient (Wildman–Crippen LogP) is 2.97. The van der Waals surface area contributed by atoms with Gasteiger partial charge in [-0.05, 0) is 29.8 Å². The van der Waals surface area contributed by atoms with E-state index in [1.165, 1.54) is 18.5 Å². The summed E-state index contributed by atoms with van der Waals surface area (Å²) in [6.07, 6.45) is -1.28. The molecule has 18 heavy (non-hydrogen) atoms. The highest BCUT2D eigenvalue weighted by Crippen LogP contribution is 2.30. The summed E-state index contributed by atoms with van der Waals surface area (Å²) in [5.74, 6) is 0. The first-order valence-electron chi connectivity index (χ1n) is 4.96. The minimum absolute atomic E-state index is 0.240. The van der Waals surface area contributed by atoms with E-state index in [9.17, 15) is 18.0 Å². The maximum Gasteiger partial charge on any atom is 0.433 e. The molecule has 2 rings (SSSR count). The summed E-state index contributed by atoms with van der Waals surface area (Å²) in [6.45, 7) is 0. The number of aldehydes is 1. The summed E-state index contributed by atoms with van der Waals surface area (Å²) >= 11 is 0. The average Bonchev–Trinajstić information content (AvgIpc) is 2.38. The topological polar surface area (TPSA) is 42.9 Å². The van der Waals surface area contributed by atoms with Crippen LogP contribution >= 0.6 is 0 Å². The van der Waals surface area contributed by atoms with Crippen molar-refractivity contribution in [3.8, 4) is 11.1 Å². The van der Waals surface area contributed by atoms with Crippen molar-refractivity contribution in [2.75, 3.05) is 0 Å². The highest BCUT2D eigenvalue weighted by atomic mass is 19.4. The number of halogens is 3. The smallest absolute Gasteiger partial charge is 0.296 e. The Labute approximate surface area is 100 Å². The zero-order chi connectivity index (χ0) is 13.2. The second-order valence-corrected chi connectivity index (χ2v) is 3.48. The summed E-state index contributed by atoms with van der Waals surface area (Å²) in [5, 5.41) is 0. The Morgan fingerprint density at radius 3 is 2.28 bits per heavy atom. The van der Waals surface area contributed by atoms with Gasteiger partial charge in [0.1, 0.15) is 11.4 Å². The highest BCUT2D eigenvalue weighted by molar-refractivity contribution is 5.85. The highest BCUT2D eigenvalue weighted by Gasteiger charge is 2.33. The molecule has 0 saturated heterocycles. The monoisotopic (exact) mass is 252 g/mol. The third-order valence-corrected chi connectivity index (χ3v) is 2.32. The number of carbonyl (C=O) groups is 1. The Balaban J connectivity index is 2.54. The minimum Gasteiger partial charge on any atom is -0.296 e. The van der Waals surface area contributed by atoms with Crippen molar-refractivity contribution in [3.05, 3.63) is 48.0 Å². The molecule has 2 aromatic heterocycles. The molecule has 3 nitrogen and oxygen atoms in total. The van der Waals surface area contributed by atoms with Gasteiger partial charge in [-0.2, -0.15) is 13.2 Å². The van der Waals surface area contributed by atoms with Crippen molar-refractivity contribution in [2.45, 2.75) is 6.18 Å². The van der Waals surface area contributed by atoms with Gasteiger partial charge < -0.3 is 0 Å². The Morgan fingerprint density at radius 2 is 1.72 bits per heavy atom. The van der Waals surface area contributed by atoms with Crippen molar-refractivity contribution in [1.29, 1.82) is 0 Å². The van der Waals surface area contributed by atoms with E-state index in [4.69, 9.17) is 0 Å². The summed E-state index contributed by atoms with van der Waals surface area (Å²) in [5.41, 5.74) is -0.382. The van der Waals surface area contributed by atoms with Gasteiger partial charge in [-0.15, -0.1) is 0 Å². The Bertz CT molecular complexity index is 567. The van der Waals surface area contributed by atoms with Crippen LogP contribution in [0.25, 0.3) is 11.1 Å². The number of hydrogen-bond donors (Lipinski definition) is 0. The number of hydrogen-bond acceptors (Lipinski definition) is 3. The molecule has 0 aliphatic carbocycles. The normalized spacial score (nSPS) is 11.3. The SMILES string of the molecule is O=Cc1nc(C(F)(F)F)ccc1-c1ccncc1. The fourth-order valence-corrected chi connectivity index (χ4v) is 1.50. The molecule has 0 radical (unpaired) electrons. The first-order valence-corrected chi connectivity index (χ1v) is 4.96. The maximum atomic E-state index is 12.4. The molecule has 2 heterocycles. The molecule has 0 aliphatic rings. The number of aromatic nitrogens is 2. The van der Waals surface area contributed by atoms with Crippen LogP contribution in [0.5, 0.6) is 0 Å². The van der Waals surface area contributed by atoms with Crippen LogP contribution in [0.2, 0.25) is 0 Å². The lowest BCUT2D eigenvalue weighted by Gasteiger charge is -2.09. The Kier molecular flexibility index (Phi) is 3.10. The fourth-order valence-electron chi connectivity index (χ4n) is 1.50. The lowest BCUT2D eigenvalue weighted by Crippen LogP contribution is -2.09. The van der Waals surface area contributed by atoms with Gasteiger partial charge in [0, 0.05) is 18.0 Å². The van der Waals surface area contributed by atoms with Crippen LogP contribution in [-0.2, 0) is 6.18 Å². The van der Waals surface area contributed by atoms with Crippen LogP contribution in [0, 0.1) is 0 Å². The van der Waals surface area contributed by atoms with Crippen molar-refractivity contribution in [3.63, 3.8) is 0 Å². The lowest BCUT2D eigenvalue weighted by molar-refractivity contribution is -0.141. The first kappa shape index (κ1) is 12.2. The molecule has 0 spiro atoms. The second-order valence-electron chi connectivity index (χ2n) is 3.48. The number of nitrogens with zero attached hydrogens (tertiary/aromatic N) is 2. The summed E-state index contributed by atoms with van der Waals surface area (Å²) in [4.78, 5) is 18.0. The van der Waals surface area contributed by atoms with Crippen LogP contribution in [0.15, 0.2) is 36.7 Å². The van der Waals surface area contributed by atoms with Crippen LogP contribution in [-0.4, -0.2) is 16.3 Å². The van der Waals surface area contributed by atoms with Crippen LogP contribution in [0.4, 0.5) is 13.2 Å². The largest absolute Gasteiger partial charge is 0.433 e. The second kappa shape index (κ2) is 4.56. The molecule has 0 saturated carbocycles. The van der Waals surface area contributed by atoms with Gasteiger partial charge in [-0.25, -0.2) is 4.98 Å². The van der Waals surface area contributed by atoms with Gasteiger partial charge in [-0.1, -0.05) is 0 Å². The van der Waals surface area contributed by atoms with E-state index in [-0.39, 0.29) is 5.69 Å². The molecule has 0 aliphatic heterocycles. The number of rotatable bonds is 2. The van der Waals surface area contributed by atoms with Crippen molar-refractivity contribution < 1.29 is 18.0 Å². The third kappa shape index (κ3) is 2.37. The molecule has 0 bridgehead atoms. The van der Waals surface area contributed by atoms with E-state index in [0.29, 0.717) is 17.4 Å². The number of pyridine rings is 2. The van der Waals surface area contributed by atoms with Crippen molar-refractivity contribution in [2.24, 2.45) is 0 Å². The molecule has 0 amide bonds. The molecular formula is C12H7F3N2O. The van der Waals surface area contributed by atoms with Crippen molar-refractivity contribution in [1.82, 2.24) is 9.97 Å². The molecule has 0 aromatic carbocycles. The zero-order valence-corrected chi connectivity index (χ0v) is 8.98. The summed E-state index contributed by atoms with van der Waals surface area (Å²) in [6, 6.07) is 5.27. The summed E-state index contributed by atoms with van der Waals surface area (Å²) < 4.78 is 37.3. The minimum atomic E-state index is -4.56. The third-order valence-electron chi connectivity index (χ3n) is 2.32. The van der Waals surface area contributed by atoms with Gasteiger partial charge in [-0.3, -0.25) is 9.78 Å². The molecule has 0 atom stereocenters. The maximum absolute atomic E-state index is 12.4. The van der Waals surface area contributed by atoms with Gasteiger partial charge in [0.05, 0.1) is 0 Å². The zero-order valence-electron chi connectivity index (χ0n) is 8.98. The fraction of sp³-hybridized carbons (Fsp3) is 0.0833. The van der Waals surface area contributed by atoms with Gasteiger partial charge >= 0.3 is 6.18 Å². The first-order chi connectivity index (χ1) is 8.52. The standard InChI is InChI=1S/C12H7F3N2O/c13-12(14,15)11-2-1-9(10(7-18)17-11)8-3-5-16-6-4-8/h1-7H. The van der Waals surface area contributed by atoms with Gasteiger partial charge in [0.2, 0.25) is 0 Å². The molecule has 0 unspecified atom stereocenters. The molecule has 0 N–H and O–H groups in total.